The van der Waals surface area contributed by atoms with Crippen LogP contribution < -0.4 is 4.90 Å². The summed E-state index contributed by atoms with van der Waals surface area (Å²) in [6.07, 6.45) is 0. The van der Waals surface area contributed by atoms with Gasteiger partial charge in [-0.25, -0.2) is 0 Å². The summed E-state index contributed by atoms with van der Waals surface area (Å²) in [5.74, 6) is 0. The summed E-state index contributed by atoms with van der Waals surface area (Å²) < 4.78 is 9.11. The molecule has 0 unspecified atom stereocenters. The Morgan fingerprint density at radius 3 is 1.69 bits per heavy atom. The van der Waals surface area contributed by atoms with Crippen molar-refractivity contribution in [2.45, 2.75) is 0 Å². The Balaban J connectivity index is 1.23. The van der Waals surface area contributed by atoms with Crippen LogP contribution in [0.25, 0.3) is 64.4 Å². The van der Waals surface area contributed by atoms with Crippen LogP contribution in [0, 0.1) is 0 Å². The summed E-state index contributed by atoms with van der Waals surface area (Å²) in [4.78, 5) is 2.37. The minimum Gasteiger partial charge on any atom is -0.454 e. The lowest BCUT2D eigenvalue weighted by atomic mass is 10.00. The van der Waals surface area contributed by atoms with Gasteiger partial charge in [0.1, 0.15) is 5.58 Å². The Kier molecular flexibility index (Phi) is 6.03. The fourth-order valence-corrected chi connectivity index (χ4v) is 7.68. The molecule has 45 heavy (non-hydrogen) atoms. The number of rotatable bonds is 5. The molecule has 3 heteroatoms. The van der Waals surface area contributed by atoms with Gasteiger partial charge < -0.3 is 9.32 Å². The fraction of sp³-hybridized carbons (Fsp3) is 0. The molecule has 0 atom stereocenters. The van der Waals surface area contributed by atoms with Gasteiger partial charge in [0.05, 0.1) is 15.8 Å². The monoisotopic (exact) mass is 593 g/mol. The average molecular weight is 594 g/mol. The van der Waals surface area contributed by atoms with Gasteiger partial charge in [0.15, 0.2) is 5.58 Å². The van der Waals surface area contributed by atoms with Crippen molar-refractivity contribution in [3.05, 3.63) is 164 Å². The first-order chi connectivity index (χ1) is 22.3. The molecule has 0 saturated heterocycles. The van der Waals surface area contributed by atoms with Crippen molar-refractivity contribution in [1.82, 2.24) is 0 Å². The molecule has 2 aromatic heterocycles. The summed E-state index contributed by atoms with van der Waals surface area (Å²) in [5, 5.41) is 4.73. The number of para-hydroxylation sites is 2. The molecule has 0 N–H and O–H groups in total. The number of anilines is 3. The van der Waals surface area contributed by atoms with E-state index in [-0.39, 0.29) is 0 Å². The van der Waals surface area contributed by atoms with Gasteiger partial charge in [-0.05, 0) is 64.7 Å². The molecule has 0 fully saturated rings. The van der Waals surface area contributed by atoms with Gasteiger partial charge in [-0.2, -0.15) is 0 Å². The van der Waals surface area contributed by atoms with Crippen LogP contribution in [0.4, 0.5) is 17.1 Å². The highest BCUT2D eigenvalue weighted by Gasteiger charge is 2.23. The molecule has 0 bridgehead atoms. The van der Waals surface area contributed by atoms with E-state index in [2.05, 4.69) is 163 Å². The fourth-order valence-electron chi connectivity index (χ4n) is 6.52. The zero-order valence-corrected chi connectivity index (χ0v) is 25.2. The Morgan fingerprint density at radius 1 is 0.444 bits per heavy atom. The van der Waals surface area contributed by atoms with E-state index in [0.29, 0.717) is 0 Å². The molecule has 0 aliphatic rings. The first-order valence-electron chi connectivity index (χ1n) is 15.2. The average Bonchev–Trinajstić information content (AvgIpc) is 3.69. The topological polar surface area (TPSA) is 16.4 Å². The van der Waals surface area contributed by atoms with E-state index in [1.165, 1.54) is 42.4 Å². The number of benzene rings is 7. The van der Waals surface area contributed by atoms with Crippen molar-refractivity contribution in [3.63, 3.8) is 0 Å². The molecular formula is C42H27NOS. The number of hydrogen-bond acceptors (Lipinski definition) is 3. The quantitative estimate of drug-likeness (QED) is 0.197. The summed E-state index contributed by atoms with van der Waals surface area (Å²) in [6, 6.07) is 58.3. The molecule has 0 radical (unpaired) electrons. The van der Waals surface area contributed by atoms with Crippen molar-refractivity contribution >= 4 is 70.5 Å². The number of furan rings is 1. The molecule has 0 saturated carbocycles. The highest BCUT2D eigenvalue weighted by Crippen LogP contribution is 2.49. The molecule has 0 aliphatic carbocycles. The van der Waals surface area contributed by atoms with Crippen LogP contribution in [0.3, 0.4) is 0 Å². The van der Waals surface area contributed by atoms with Gasteiger partial charge in [0, 0.05) is 32.2 Å². The molecule has 0 aliphatic heterocycles. The molecule has 0 spiro atoms. The zero-order valence-electron chi connectivity index (χ0n) is 24.4. The minimum absolute atomic E-state index is 0.904. The third kappa shape index (κ3) is 4.32. The zero-order chi connectivity index (χ0) is 29.7. The maximum absolute atomic E-state index is 6.66. The van der Waals surface area contributed by atoms with Crippen molar-refractivity contribution in [3.8, 4) is 22.3 Å². The Morgan fingerprint density at radius 2 is 0.978 bits per heavy atom. The van der Waals surface area contributed by atoms with E-state index in [1.807, 2.05) is 6.07 Å². The molecule has 2 heterocycles. The molecule has 7 aromatic carbocycles. The number of nitrogens with zero attached hydrogens (tertiary/aromatic N) is 1. The maximum Gasteiger partial charge on any atom is 0.155 e. The van der Waals surface area contributed by atoms with Crippen molar-refractivity contribution in [2.75, 3.05) is 4.90 Å². The van der Waals surface area contributed by atoms with Gasteiger partial charge in [-0.15, -0.1) is 11.3 Å². The number of hydrogen-bond donors (Lipinski definition) is 0. The van der Waals surface area contributed by atoms with Crippen LogP contribution >= 0.6 is 11.3 Å². The molecule has 9 rings (SSSR count). The molecule has 0 amide bonds. The third-order valence-electron chi connectivity index (χ3n) is 8.68. The molecule has 212 valence electrons. The molecular weight excluding hydrogens is 567 g/mol. The van der Waals surface area contributed by atoms with Crippen molar-refractivity contribution < 1.29 is 4.42 Å². The van der Waals surface area contributed by atoms with Crippen molar-refractivity contribution in [2.24, 2.45) is 0 Å². The highest BCUT2D eigenvalue weighted by atomic mass is 32.1. The van der Waals surface area contributed by atoms with E-state index in [9.17, 15) is 0 Å². The van der Waals surface area contributed by atoms with Crippen molar-refractivity contribution in [1.29, 1.82) is 0 Å². The number of fused-ring (bicyclic) bond motifs is 7. The predicted octanol–water partition coefficient (Wildman–Crippen LogP) is 12.8. The SMILES string of the molecule is c1ccc(-c2ccc(-c3ccc(N(c4ccccc4)c4cc5c6ccccc6sc5c5oc6ccccc6c45)cc3)cc2)cc1. The predicted molar refractivity (Wildman–Crippen MR) is 192 cm³/mol. The number of thiophene rings is 1. The van der Waals surface area contributed by atoms with Crippen LogP contribution in [0.5, 0.6) is 0 Å². The van der Waals surface area contributed by atoms with E-state index in [1.54, 1.807) is 11.3 Å². The van der Waals surface area contributed by atoms with E-state index in [4.69, 9.17) is 4.42 Å². The summed E-state index contributed by atoms with van der Waals surface area (Å²) in [6.45, 7) is 0. The summed E-state index contributed by atoms with van der Waals surface area (Å²) in [5.41, 5.74) is 9.98. The van der Waals surface area contributed by atoms with Crippen LogP contribution in [0.2, 0.25) is 0 Å². The lowest BCUT2D eigenvalue weighted by molar-refractivity contribution is 0.673. The maximum atomic E-state index is 6.66. The second kappa shape index (κ2) is 10.5. The second-order valence-corrected chi connectivity index (χ2v) is 12.4. The highest BCUT2D eigenvalue weighted by molar-refractivity contribution is 7.26. The second-order valence-electron chi connectivity index (χ2n) is 11.3. The molecule has 9 aromatic rings. The minimum atomic E-state index is 0.904. The van der Waals surface area contributed by atoms with E-state index in [0.717, 1.165) is 39.0 Å². The Bertz CT molecular complexity index is 2460. The van der Waals surface area contributed by atoms with Gasteiger partial charge in [0.25, 0.3) is 0 Å². The third-order valence-corrected chi connectivity index (χ3v) is 9.86. The normalized spacial score (nSPS) is 11.6. The molecule has 2 nitrogen and oxygen atoms in total. The first kappa shape index (κ1) is 25.8. The first-order valence-corrected chi connectivity index (χ1v) is 16.0. The lowest BCUT2D eigenvalue weighted by Gasteiger charge is -2.26. The van der Waals surface area contributed by atoms with Crippen LogP contribution in [-0.2, 0) is 0 Å². The van der Waals surface area contributed by atoms with Gasteiger partial charge in [-0.3, -0.25) is 0 Å². The smallest absolute Gasteiger partial charge is 0.155 e. The van der Waals surface area contributed by atoms with Gasteiger partial charge in [-0.1, -0.05) is 121 Å². The summed E-state index contributed by atoms with van der Waals surface area (Å²) >= 11 is 1.81. The van der Waals surface area contributed by atoms with Crippen LogP contribution in [-0.4, -0.2) is 0 Å². The Labute approximate surface area is 265 Å². The van der Waals surface area contributed by atoms with Crippen LogP contribution in [0.1, 0.15) is 0 Å². The largest absolute Gasteiger partial charge is 0.454 e. The Hall–Kier alpha value is -5.64. The van der Waals surface area contributed by atoms with E-state index >= 15 is 0 Å². The van der Waals surface area contributed by atoms with E-state index < -0.39 is 0 Å². The lowest BCUT2D eigenvalue weighted by Crippen LogP contribution is -2.10. The standard InChI is InChI=1S/C42H27NOS/c1-3-11-28(12-4-1)29-19-21-30(22-20-29)31-23-25-33(26-24-31)43(32-13-5-2-6-14-32)37-27-36-34-15-8-10-18-39(34)45-42(36)41-40(37)35-16-7-9-17-38(35)44-41/h1-27H. The summed E-state index contributed by atoms with van der Waals surface area (Å²) in [7, 11) is 0. The van der Waals surface area contributed by atoms with Gasteiger partial charge >= 0.3 is 0 Å². The van der Waals surface area contributed by atoms with Crippen LogP contribution in [0.15, 0.2) is 168 Å². The van der Waals surface area contributed by atoms with Gasteiger partial charge in [0.2, 0.25) is 0 Å².